The molecule has 3 aromatic carbocycles. The largest absolute Gasteiger partial charge is 0.454 e. The zero-order valence-corrected chi connectivity index (χ0v) is 17.7. The number of nitrogens with one attached hydrogen (secondary N) is 1. The number of carbonyl (C=O) groups excluding carboxylic acids is 1. The van der Waals surface area contributed by atoms with Gasteiger partial charge in [-0.3, -0.25) is 4.79 Å². The number of anilines is 1. The van der Waals surface area contributed by atoms with Crippen molar-refractivity contribution >= 4 is 23.3 Å². The molecule has 0 radical (unpaired) electrons. The van der Waals surface area contributed by atoms with E-state index >= 15 is 0 Å². The van der Waals surface area contributed by atoms with Crippen molar-refractivity contribution in [1.29, 1.82) is 0 Å². The summed E-state index contributed by atoms with van der Waals surface area (Å²) in [5.41, 5.74) is 10.1. The van der Waals surface area contributed by atoms with Crippen LogP contribution in [0.15, 0.2) is 72.8 Å². The van der Waals surface area contributed by atoms with E-state index in [-0.39, 0.29) is 12.7 Å². The van der Waals surface area contributed by atoms with E-state index in [1.807, 2.05) is 54.6 Å². The first-order chi connectivity index (χ1) is 15.6. The highest BCUT2D eigenvalue weighted by molar-refractivity contribution is 6.30. The SMILES string of the molecule is Nc1cc(-c2ccc(Cl)cc2)nn1-c1ccc(C(=O)NCc2ccc3c(c2)OCO3)cc1. The summed E-state index contributed by atoms with van der Waals surface area (Å²) < 4.78 is 12.3. The van der Waals surface area contributed by atoms with Crippen LogP contribution in [0.3, 0.4) is 0 Å². The third kappa shape index (κ3) is 3.98. The molecular weight excluding hydrogens is 428 g/mol. The molecule has 4 aromatic rings. The van der Waals surface area contributed by atoms with E-state index in [9.17, 15) is 4.79 Å². The molecule has 1 aliphatic rings. The summed E-state index contributed by atoms with van der Waals surface area (Å²) in [5.74, 6) is 1.73. The van der Waals surface area contributed by atoms with Crippen LogP contribution in [0.25, 0.3) is 16.9 Å². The summed E-state index contributed by atoms with van der Waals surface area (Å²) in [5, 5.41) is 8.16. The van der Waals surface area contributed by atoms with Crippen LogP contribution in [-0.2, 0) is 6.54 Å². The molecule has 0 unspecified atom stereocenters. The molecule has 1 amide bonds. The first-order valence-corrected chi connectivity index (χ1v) is 10.3. The normalized spacial score (nSPS) is 12.0. The number of halogens is 1. The van der Waals surface area contributed by atoms with Crippen LogP contribution in [0.1, 0.15) is 15.9 Å². The van der Waals surface area contributed by atoms with Crippen LogP contribution in [-0.4, -0.2) is 22.5 Å². The molecule has 1 aromatic heterocycles. The predicted molar refractivity (Wildman–Crippen MR) is 122 cm³/mol. The third-order valence-electron chi connectivity index (χ3n) is 5.14. The summed E-state index contributed by atoms with van der Waals surface area (Å²) in [7, 11) is 0. The number of aromatic nitrogens is 2. The molecule has 0 saturated carbocycles. The molecule has 0 aliphatic carbocycles. The van der Waals surface area contributed by atoms with Crippen LogP contribution in [0, 0.1) is 0 Å². The van der Waals surface area contributed by atoms with Crippen molar-refractivity contribution in [3.05, 3.63) is 88.9 Å². The Bertz CT molecular complexity index is 1280. The van der Waals surface area contributed by atoms with Gasteiger partial charge in [-0.2, -0.15) is 5.10 Å². The smallest absolute Gasteiger partial charge is 0.251 e. The van der Waals surface area contributed by atoms with Crippen molar-refractivity contribution in [1.82, 2.24) is 15.1 Å². The van der Waals surface area contributed by atoms with E-state index in [2.05, 4.69) is 10.4 Å². The number of fused-ring (bicyclic) bond motifs is 1. The van der Waals surface area contributed by atoms with E-state index in [1.54, 1.807) is 22.9 Å². The van der Waals surface area contributed by atoms with Crippen LogP contribution >= 0.6 is 11.6 Å². The second-order valence-corrected chi connectivity index (χ2v) is 7.73. The third-order valence-corrected chi connectivity index (χ3v) is 5.39. The van der Waals surface area contributed by atoms with Crippen molar-refractivity contribution < 1.29 is 14.3 Å². The number of rotatable bonds is 5. The topological polar surface area (TPSA) is 91.4 Å². The lowest BCUT2D eigenvalue weighted by atomic mass is 10.1. The van der Waals surface area contributed by atoms with Crippen molar-refractivity contribution in [3.8, 4) is 28.4 Å². The minimum atomic E-state index is -0.176. The average molecular weight is 447 g/mol. The maximum Gasteiger partial charge on any atom is 0.251 e. The lowest BCUT2D eigenvalue weighted by Gasteiger charge is -2.08. The first kappa shape index (κ1) is 20.0. The maximum atomic E-state index is 12.6. The minimum Gasteiger partial charge on any atom is -0.454 e. The van der Waals surface area contributed by atoms with Gasteiger partial charge < -0.3 is 20.5 Å². The summed E-state index contributed by atoms with van der Waals surface area (Å²) in [4.78, 5) is 12.6. The quantitative estimate of drug-likeness (QED) is 0.473. The molecule has 0 saturated heterocycles. The van der Waals surface area contributed by atoms with Crippen molar-refractivity contribution in [2.45, 2.75) is 6.54 Å². The Morgan fingerprint density at radius 1 is 1.00 bits per heavy atom. The molecule has 8 heteroatoms. The number of nitrogen functional groups attached to an aromatic ring is 1. The Morgan fingerprint density at radius 3 is 2.53 bits per heavy atom. The molecular formula is C24H19ClN4O3. The van der Waals surface area contributed by atoms with Gasteiger partial charge in [0.15, 0.2) is 11.5 Å². The fraction of sp³-hybridized carbons (Fsp3) is 0.0833. The Kier molecular flexibility index (Phi) is 5.17. The zero-order chi connectivity index (χ0) is 22.1. The van der Waals surface area contributed by atoms with Gasteiger partial charge in [0.05, 0.1) is 11.4 Å². The van der Waals surface area contributed by atoms with E-state index in [1.165, 1.54) is 0 Å². The molecule has 3 N–H and O–H groups in total. The molecule has 0 fully saturated rings. The Balaban J connectivity index is 1.28. The van der Waals surface area contributed by atoms with Gasteiger partial charge >= 0.3 is 0 Å². The number of benzene rings is 3. The molecule has 0 atom stereocenters. The van der Waals surface area contributed by atoms with Crippen molar-refractivity contribution in [2.24, 2.45) is 0 Å². The summed E-state index contributed by atoms with van der Waals surface area (Å²) in [6.45, 7) is 0.604. The van der Waals surface area contributed by atoms with Gasteiger partial charge in [0.25, 0.3) is 5.91 Å². The van der Waals surface area contributed by atoms with E-state index in [4.69, 9.17) is 26.8 Å². The number of carbonyl (C=O) groups is 1. The van der Waals surface area contributed by atoms with E-state index in [0.29, 0.717) is 34.4 Å². The van der Waals surface area contributed by atoms with Gasteiger partial charge in [-0.1, -0.05) is 29.8 Å². The Morgan fingerprint density at radius 2 is 1.75 bits per heavy atom. The van der Waals surface area contributed by atoms with Crippen LogP contribution in [0.2, 0.25) is 5.02 Å². The number of nitrogens with two attached hydrogens (primary N) is 1. The summed E-state index contributed by atoms with van der Waals surface area (Å²) in [6.07, 6.45) is 0. The number of ether oxygens (including phenoxy) is 2. The van der Waals surface area contributed by atoms with E-state index in [0.717, 1.165) is 22.5 Å². The highest BCUT2D eigenvalue weighted by Crippen LogP contribution is 2.32. The number of hydrogen-bond acceptors (Lipinski definition) is 5. The Labute approximate surface area is 189 Å². The van der Waals surface area contributed by atoms with Gasteiger partial charge in [-0.25, -0.2) is 4.68 Å². The number of hydrogen-bond donors (Lipinski definition) is 2. The van der Waals surface area contributed by atoms with Gasteiger partial charge in [0.2, 0.25) is 6.79 Å². The van der Waals surface area contributed by atoms with Gasteiger partial charge in [0, 0.05) is 28.8 Å². The van der Waals surface area contributed by atoms with Crippen molar-refractivity contribution in [2.75, 3.05) is 12.5 Å². The number of nitrogens with zero attached hydrogens (tertiary/aromatic N) is 2. The first-order valence-electron chi connectivity index (χ1n) is 9.95. The van der Waals surface area contributed by atoms with Crippen molar-refractivity contribution in [3.63, 3.8) is 0 Å². The molecule has 32 heavy (non-hydrogen) atoms. The second kappa shape index (κ2) is 8.28. The summed E-state index contributed by atoms with van der Waals surface area (Å²) >= 11 is 5.96. The van der Waals surface area contributed by atoms with Gasteiger partial charge in [-0.15, -0.1) is 0 Å². The molecule has 7 nitrogen and oxygen atoms in total. The lowest BCUT2D eigenvalue weighted by Crippen LogP contribution is -2.22. The average Bonchev–Trinajstić information content (AvgIpc) is 3.44. The maximum absolute atomic E-state index is 12.6. The van der Waals surface area contributed by atoms with Crippen LogP contribution in [0.5, 0.6) is 11.5 Å². The monoisotopic (exact) mass is 446 g/mol. The fourth-order valence-electron chi connectivity index (χ4n) is 3.45. The molecule has 2 heterocycles. The predicted octanol–water partition coefficient (Wildman–Crippen LogP) is 4.43. The zero-order valence-electron chi connectivity index (χ0n) is 16.9. The highest BCUT2D eigenvalue weighted by Gasteiger charge is 2.14. The van der Waals surface area contributed by atoms with E-state index < -0.39 is 0 Å². The van der Waals surface area contributed by atoms with Gasteiger partial charge in [0.1, 0.15) is 5.82 Å². The van der Waals surface area contributed by atoms with Gasteiger partial charge in [-0.05, 0) is 54.1 Å². The second-order valence-electron chi connectivity index (χ2n) is 7.29. The minimum absolute atomic E-state index is 0.176. The molecule has 1 aliphatic heterocycles. The van der Waals surface area contributed by atoms with Crippen LogP contribution < -0.4 is 20.5 Å². The molecule has 5 rings (SSSR count). The highest BCUT2D eigenvalue weighted by atomic mass is 35.5. The van der Waals surface area contributed by atoms with Crippen LogP contribution in [0.4, 0.5) is 5.82 Å². The lowest BCUT2D eigenvalue weighted by molar-refractivity contribution is 0.0951. The Hall–Kier alpha value is -3.97. The molecule has 0 spiro atoms. The summed E-state index contributed by atoms with van der Waals surface area (Å²) in [6, 6.07) is 21.9. The fourth-order valence-corrected chi connectivity index (χ4v) is 3.58. The standard InChI is InChI=1S/C24H19ClN4O3/c25-18-6-2-16(3-7-18)20-12-23(26)29(28-20)19-8-4-17(5-9-19)24(30)27-13-15-1-10-21-22(11-15)32-14-31-21/h1-12H,13-14,26H2,(H,27,30). The number of amides is 1. The molecule has 160 valence electrons. The molecule has 0 bridgehead atoms.